The standard InChI is InChI=1S/C45H32N4O/c1-4-13-30(14-5-1)36-28-25-34(37-20-12-21-39-38-19-10-11-22-41(38)50-42(37)39)29-40(36)46-35-26-23-33(24-27-35)45-48-43(31-15-6-2-7-16-31)47-44(49-45)32-17-8-3-9-18-32/h1-29,45-46H,(H,47,48,49). The number of hydrogen-bond acceptors (Lipinski definition) is 5. The molecule has 7 aromatic carbocycles. The average Bonchev–Trinajstić information content (AvgIpc) is 3.58. The summed E-state index contributed by atoms with van der Waals surface area (Å²) in [7, 11) is 0. The number of benzene rings is 7. The summed E-state index contributed by atoms with van der Waals surface area (Å²) in [5.74, 6) is 1.51. The predicted molar refractivity (Wildman–Crippen MR) is 206 cm³/mol. The van der Waals surface area contributed by atoms with Crippen LogP contribution in [-0.2, 0) is 0 Å². The number of nitrogens with zero attached hydrogens (tertiary/aromatic N) is 2. The summed E-state index contributed by atoms with van der Waals surface area (Å²) in [6, 6.07) is 60.5. The van der Waals surface area contributed by atoms with Gasteiger partial charge in [0.25, 0.3) is 0 Å². The maximum absolute atomic E-state index is 6.41. The van der Waals surface area contributed by atoms with E-state index in [0.29, 0.717) is 5.84 Å². The van der Waals surface area contributed by atoms with Gasteiger partial charge in [-0.2, -0.15) is 0 Å². The molecule has 1 aliphatic rings. The minimum absolute atomic E-state index is 0.292. The minimum atomic E-state index is -0.292. The minimum Gasteiger partial charge on any atom is -0.455 e. The van der Waals surface area contributed by atoms with Gasteiger partial charge < -0.3 is 15.1 Å². The summed E-state index contributed by atoms with van der Waals surface area (Å²) >= 11 is 0. The second-order valence-corrected chi connectivity index (χ2v) is 12.3. The molecule has 238 valence electrons. The highest BCUT2D eigenvalue weighted by molar-refractivity contribution is 6.13. The molecule has 1 aromatic heterocycles. The Kier molecular flexibility index (Phi) is 7.48. The predicted octanol–water partition coefficient (Wildman–Crippen LogP) is 11.2. The van der Waals surface area contributed by atoms with Crippen LogP contribution in [-0.4, -0.2) is 11.7 Å². The van der Waals surface area contributed by atoms with E-state index >= 15 is 0 Å². The maximum atomic E-state index is 6.41. The summed E-state index contributed by atoms with van der Waals surface area (Å²) in [5.41, 5.74) is 11.2. The van der Waals surface area contributed by atoms with Crippen LogP contribution in [0.5, 0.6) is 0 Å². The van der Waals surface area contributed by atoms with Crippen molar-refractivity contribution in [2.75, 3.05) is 5.32 Å². The lowest BCUT2D eigenvalue weighted by Crippen LogP contribution is -2.33. The fraction of sp³-hybridized carbons (Fsp3) is 0.0222. The van der Waals surface area contributed by atoms with E-state index < -0.39 is 0 Å². The Hall–Kier alpha value is -6.72. The molecule has 0 saturated heterocycles. The lowest BCUT2D eigenvalue weighted by molar-refractivity contribution is 0.670. The molecule has 0 amide bonds. The van der Waals surface area contributed by atoms with Gasteiger partial charge >= 0.3 is 0 Å². The first-order valence-corrected chi connectivity index (χ1v) is 16.8. The molecule has 50 heavy (non-hydrogen) atoms. The first-order chi connectivity index (χ1) is 24.8. The van der Waals surface area contributed by atoms with Crippen LogP contribution in [0.2, 0.25) is 0 Å². The van der Waals surface area contributed by atoms with Crippen molar-refractivity contribution in [3.63, 3.8) is 0 Å². The number of aliphatic imine (C=N–C) groups is 2. The van der Waals surface area contributed by atoms with Gasteiger partial charge in [0.15, 0.2) is 5.84 Å². The topological polar surface area (TPSA) is 61.9 Å². The summed E-state index contributed by atoms with van der Waals surface area (Å²) in [5, 5.41) is 9.55. The van der Waals surface area contributed by atoms with E-state index in [1.807, 2.05) is 66.7 Å². The zero-order valence-electron chi connectivity index (χ0n) is 27.1. The molecule has 0 bridgehead atoms. The summed E-state index contributed by atoms with van der Waals surface area (Å²) in [6.07, 6.45) is -0.292. The van der Waals surface area contributed by atoms with E-state index in [4.69, 9.17) is 14.4 Å². The first kappa shape index (κ1) is 29.4. The Labute approximate surface area is 290 Å². The van der Waals surface area contributed by atoms with Gasteiger partial charge in [0.1, 0.15) is 23.2 Å². The molecule has 5 heteroatoms. The number of para-hydroxylation sites is 2. The van der Waals surface area contributed by atoms with Gasteiger partial charge in [-0.3, -0.25) is 0 Å². The van der Waals surface area contributed by atoms with Crippen LogP contribution in [0.25, 0.3) is 44.2 Å². The number of nitrogens with one attached hydrogen (secondary N) is 2. The Bertz CT molecular complexity index is 2520. The van der Waals surface area contributed by atoms with Crippen molar-refractivity contribution in [3.8, 4) is 22.3 Å². The SMILES string of the molecule is c1ccc(C2=NC(c3ccc(Nc4cc(-c5cccc6c5oc5ccccc56)ccc4-c4ccccc4)cc3)NC(c3ccccc3)=N2)cc1. The number of rotatable bonds is 7. The fourth-order valence-corrected chi connectivity index (χ4v) is 6.64. The zero-order chi connectivity index (χ0) is 33.3. The van der Waals surface area contributed by atoms with Crippen molar-refractivity contribution in [1.82, 2.24) is 5.32 Å². The molecule has 8 aromatic rings. The van der Waals surface area contributed by atoms with Gasteiger partial charge in [-0.25, -0.2) is 9.98 Å². The smallest absolute Gasteiger partial charge is 0.159 e. The Balaban J connectivity index is 1.07. The molecular weight excluding hydrogens is 613 g/mol. The van der Waals surface area contributed by atoms with Gasteiger partial charge in [0.2, 0.25) is 0 Å². The van der Waals surface area contributed by atoms with E-state index in [1.165, 1.54) is 0 Å². The molecule has 2 heterocycles. The molecule has 0 saturated carbocycles. The second-order valence-electron chi connectivity index (χ2n) is 12.3. The van der Waals surface area contributed by atoms with Crippen LogP contribution < -0.4 is 10.6 Å². The van der Waals surface area contributed by atoms with E-state index in [9.17, 15) is 0 Å². The third-order valence-electron chi connectivity index (χ3n) is 9.15. The van der Waals surface area contributed by atoms with Gasteiger partial charge in [-0.15, -0.1) is 0 Å². The molecule has 0 radical (unpaired) electrons. The van der Waals surface area contributed by atoms with Crippen LogP contribution in [0.4, 0.5) is 11.4 Å². The van der Waals surface area contributed by atoms with E-state index in [0.717, 1.165) is 78.1 Å². The molecule has 5 nitrogen and oxygen atoms in total. The van der Waals surface area contributed by atoms with Gasteiger partial charge in [0.05, 0.1) is 0 Å². The fourth-order valence-electron chi connectivity index (χ4n) is 6.64. The summed E-state index contributed by atoms with van der Waals surface area (Å²) in [6.45, 7) is 0. The van der Waals surface area contributed by atoms with Crippen molar-refractivity contribution in [2.45, 2.75) is 6.17 Å². The zero-order valence-corrected chi connectivity index (χ0v) is 27.1. The monoisotopic (exact) mass is 644 g/mol. The number of anilines is 2. The highest BCUT2D eigenvalue weighted by Gasteiger charge is 2.21. The lowest BCUT2D eigenvalue weighted by Gasteiger charge is -2.24. The molecule has 1 atom stereocenters. The molecule has 2 N–H and O–H groups in total. The van der Waals surface area contributed by atoms with Crippen molar-refractivity contribution in [3.05, 3.63) is 193 Å². The number of fused-ring (bicyclic) bond motifs is 3. The van der Waals surface area contributed by atoms with E-state index in [2.05, 4.69) is 120 Å². The van der Waals surface area contributed by atoms with Crippen LogP contribution >= 0.6 is 0 Å². The Morgan fingerprint density at radius 1 is 0.520 bits per heavy atom. The third kappa shape index (κ3) is 5.61. The van der Waals surface area contributed by atoms with Crippen LogP contribution in [0, 0.1) is 0 Å². The maximum Gasteiger partial charge on any atom is 0.159 e. The van der Waals surface area contributed by atoms with Crippen LogP contribution in [0.3, 0.4) is 0 Å². The molecular formula is C45H32N4O. The van der Waals surface area contributed by atoms with Gasteiger partial charge in [0, 0.05) is 44.4 Å². The molecule has 0 fully saturated rings. The van der Waals surface area contributed by atoms with Crippen molar-refractivity contribution in [2.24, 2.45) is 9.98 Å². The Morgan fingerprint density at radius 2 is 1.18 bits per heavy atom. The molecule has 1 aliphatic heterocycles. The number of hydrogen-bond donors (Lipinski definition) is 2. The molecule has 0 spiro atoms. The lowest BCUT2D eigenvalue weighted by atomic mass is 9.97. The van der Waals surface area contributed by atoms with Crippen LogP contribution in [0.1, 0.15) is 22.9 Å². The number of furan rings is 1. The normalized spacial score (nSPS) is 14.2. The first-order valence-electron chi connectivity index (χ1n) is 16.8. The average molecular weight is 645 g/mol. The number of amidine groups is 2. The highest BCUT2D eigenvalue weighted by Crippen LogP contribution is 2.39. The molecule has 1 unspecified atom stereocenters. The molecule has 9 rings (SSSR count). The van der Waals surface area contributed by atoms with Crippen molar-refractivity contribution >= 4 is 45.0 Å². The van der Waals surface area contributed by atoms with Gasteiger partial charge in [-0.05, 0) is 41.0 Å². The highest BCUT2D eigenvalue weighted by atomic mass is 16.3. The van der Waals surface area contributed by atoms with E-state index in [1.54, 1.807) is 0 Å². The van der Waals surface area contributed by atoms with Crippen molar-refractivity contribution in [1.29, 1.82) is 0 Å². The van der Waals surface area contributed by atoms with Gasteiger partial charge in [-0.1, -0.05) is 152 Å². The largest absolute Gasteiger partial charge is 0.455 e. The third-order valence-corrected chi connectivity index (χ3v) is 9.15. The van der Waals surface area contributed by atoms with Crippen molar-refractivity contribution < 1.29 is 4.42 Å². The summed E-state index contributed by atoms with van der Waals surface area (Å²) in [4.78, 5) is 9.95. The molecule has 0 aliphatic carbocycles. The quantitative estimate of drug-likeness (QED) is 0.181. The summed E-state index contributed by atoms with van der Waals surface area (Å²) < 4.78 is 6.41. The second kappa shape index (κ2) is 12.7. The van der Waals surface area contributed by atoms with E-state index in [-0.39, 0.29) is 6.17 Å². The Morgan fingerprint density at radius 3 is 1.94 bits per heavy atom. The van der Waals surface area contributed by atoms with Crippen LogP contribution in [0.15, 0.2) is 190 Å².